The van der Waals surface area contributed by atoms with E-state index in [4.69, 9.17) is 17.3 Å². The summed E-state index contributed by atoms with van der Waals surface area (Å²) in [5.41, 5.74) is 6.35. The number of halogens is 2. The number of nitrogens with one attached hydrogen (secondary N) is 1. The maximum Gasteiger partial charge on any atom is 0.224 e. The van der Waals surface area contributed by atoms with Crippen LogP contribution >= 0.6 is 11.6 Å². The number of hydrogen-bond donors (Lipinski definition) is 2. The Kier molecular flexibility index (Phi) is 3.39. The molecule has 0 aliphatic carbocycles. The number of anilines is 2. The highest BCUT2D eigenvalue weighted by Crippen LogP contribution is 2.16. The lowest BCUT2D eigenvalue weighted by Crippen LogP contribution is -2.04. The number of nitrogen functional groups attached to an aromatic ring is 1. The van der Waals surface area contributed by atoms with Gasteiger partial charge in [0, 0.05) is 12.7 Å². The Morgan fingerprint density at radius 2 is 2.18 bits per heavy atom. The van der Waals surface area contributed by atoms with Crippen LogP contribution in [0.3, 0.4) is 0 Å². The smallest absolute Gasteiger partial charge is 0.224 e. The van der Waals surface area contributed by atoms with E-state index in [9.17, 15) is 4.39 Å². The molecule has 4 nitrogen and oxygen atoms in total. The number of aromatic nitrogens is 2. The average Bonchev–Trinajstić information content (AvgIpc) is 2.31. The second-order valence-electron chi connectivity index (χ2n) is 3.41. The molecule has 0 radical (unpaired) electrons. The third kappa shape index (κ3) is 3.04. The third-order valence-electron chi connectivity index (χ3n) is 2.11. The van der Waals surface area contributed by atoms with E-state index in [2.05, 4.69) is 15.3 Å². The van der Waals surface area contributed by atoms with Gasteiger partial charge in [0.25, 0.3) is 0 Å². The molecule has 0 unspecified atom stereocenters. The standard InChI is InChI=1S/C11H10ClFN4/c12-8-5-7(1-2-9(8)13)6-16-11-15-4-3-10(14)17-11/h1-5H,6H2,(H3,14,15,16,17). The number of hydrogen-bond acceptors (Lipinski definition) is 4. The molecule has 0 aliphatic heterocycles. The molecule has 0 aliphatic rings. The zero-order valence-corrected chi connectivity index (χ0v) is 9.58. The van der Waals surface area contributed by atoms with E-state index in [-0.39, 0.29) is 5.02 Å². The van der Waals surface area contributed by atoms with E-state index in [1.165, 1.54) is 6.07 Å². The van der Waals surface area contributed by atoms with Crippen molar-refractivity contribution in [2.75, 3.05) is 11.1 Å². The molecule has 88 valence electrons. The maximum atomic E-state index is 12.9. The summed E-state index contributed by atoms with van der Waals surface area (Å²) in [4.78, 5) is 7.96. The predicted molar refractivity (Wildman–Crippen MR) is 65.2 cm³/mol. The van der Waals surface area contributed by atoms with Gasteiger partial charge in [0.15, 0.2) is 0 Å². The van der Waals surface area contributed by atoms with Crippen molar-refractivity contribution in [3.8, 4) is 0 Å². The molecule has 1 heterocycles. The summed E-state index contributed by atoms with van der Waals surface area (Å²) in [6.07, 6.45) is 1.56. The third-order valence-corrected chi connectivity index (χ3v) is 2.40. The summed E-state index contributed by atoms with van der Waals surface area (Å²) in [5, 5.41) is 3.06. The molecule has 0 atom stereocenters. The van der Waals surface area contributed by atoms with Gasteiger partial charge < -0.3 is 11.1 Å². The summed E-state index contributed by atoms with van der Waals surface area (Å²) in [7, 11) is 0. The van der Waals surface area contributed by atoms with Gasteiger partial charge in [-0.3, -0.25) is 0 Å². The molecule has 1 aromatic carbocycles. The first-order chi connectivity index (χ1) is 8.15. The topological polar surface area (TPSA) is 63.8 Å². The highest BCUT2D eigenvalue weighted by atomic mass is 35.5. The minimum absolute atomic E-state index is 0.0952. The Balaban J connectivity index is 2.05. The second-order valence-corrected chi connectivity index (χ2v) is 3.81. The van der Waals surface area contributed by atoms with Crippen molar-refractivity contribution >= 4 is 23.4 Å². The lowest BCUT2D eigenvalue weighted by Gasteiger charge is -2.05. The van der Waals surface area contributed by atoms with Crippen molar-refractivity contribution in [1.82, 2.24) is 9.97 Å². The molecule has 3 N–H and O–H groups in total. The van der Waals surface area contributed by atoms with E-state index in [1.54, 1.807) is 24.4 Å². The molecule has 0 saturated carbocycles. The van der Waals surface area contributed by atoms with Crippen LogP contribution in [0.25, 0.3) is 0 Å². The lowest BCUT2D eigenvalue weighted by atomic mass is 10.2. The second kappa shape index (κ2) is 4.97. The summed E-state index contributed by atoms with van der Waals surface area (Å²) in [6, 6.07) is 6.11. The number of benzene rings is 1. The minimum Gasteiger partial charge on any atom is -0.384 e. The van der Waals surface area contributed by atoms with E-state index >= 15 is 0 Å². The van der Waals surface area contributed by atoms with E-state index in [0.29, 0.717) is 18.3 Å². The van der Waals surface area contributed by atoms with E-state index in [0.717, 1.165) is 5.56 Å². The highest BCUT2D eigenvalue weighted by Gasteiger charge is 2.01. The maximum absolute atomic E-state index is 12.9. The Labute approximate surface area is 103 Å². The van der Waals surface area contributed by atoms with Gasteiger partial charge in [0.2, 0.25) is 5.95 Å². The van der Waals surface area contributed by atoms with Gasteiger partial charge in [-0.15, -0.1) is 0 Å². The van der Waals surface area contributed by atoms with Crippen LogP contribution < -0.4 is 11.1 Å². The molecular formula is C11H10ClFN4. The summed E-state index contributed by atoms with van der Waals surface area (Å²) >= 11 is 5.67. The van der Waals surface area contributed by atoms with Crippen LogP contribution in [0.4, 0.5) is 16.2 Å². The van der Waals surface area contributed by atoms with E-state index in [1.807, 2.05) is 0 Å². The van der Waals surface area contributed by atoms with Crippen LogP contribution in [0.5, 0.6) is 0 Å². The Morgan fingerprint density at radius 1 is 1.35 bits per heavy atom. The van der Waals surface area contributed by atoms with Crippen LogP contribution in [0.1, 0.15) is 5.56 Å². The van der Waals surface area contributed by atoms with Gasteiger partial charge in [0.1, 0.15) is 11.6 Å². The van der Waals surface area contributed by atoms with Gasteiger partial charge in [-0.1, -0.05) is 17.7 Å². The normalized spacial score (nSPS) is 10.2. The fourth-order valence-corrected chi connectivity index (χ4v) is 1.49. The first-order valence-electron chi connectivity index (χ1n) is 4.91. The zero-order valence-electron chi connectivity index (χ0n) is 8.82. The molecule has 0 amide bonds. The molecule has 0 bridgehead atoms. The molecule has 0 spiro atoms. The van der Waals surface area contributed by atoms with Crippen LogP contribution in [0, 0.1) is 5.82 Å². The Bertz CT molecular complexity index is 533. The molecule has 17 heavy (non-hydrogen) atoms. The van der Waals surface area contributed by atoms with Crippen molar-refractivity contribution in [3.63, 3.8) is 0 Å². The van der Waals surface area contributed by atoms with Crippen molar-refractivity contribution in [2.45, 2.75) is 6.54 Å². The Morgan fingerprint density at radius 3 is 2.88 bits per heavy atom. The van der Waals surface area contributed by atoms with Crippen molar-refractivity contribution in [3.05, 3.63) is 46.9 Å². The molecule has 1 aromatic heterocycles. The highest BCUT2D eigenvalue weighted by molar-refractivity contribution is 6.30. The molecule has 6 heteroatoms. The average molecular weight is 253 g/mol. The first-order valence-corrected chi connectivity index (χ1v) is 5.29. The predicted octanol–water partition coefficient (Wildman–Crippen LogP) is 2.46. The quantitative estimate of drug-likeness (QED) is 0.881. The van der Waals surface area contributed by atoms with E-state index < -0.39 is 5.82 Å². The number of nitrogens with zero attached hydrogens (tertiary/aromatic N) is 2. The summed E-state index contributed by atoms with van der Waals surface area (Å²) in [5.74, 6) is 0.376. The van der Waals surface area contributed by atoms with Gasteiger partial charge in [0.05, 0.1) is 5.02 Å². The number of rotatable bonds is 3. The minimum atomic E-state index is -0.435. The van der Waals surface area contributed by atoms with Gasteiger partial charge in [-0.25, -0.2) is 9.37 Å². The molecule has 2 aromatic rings. The number of nitrogens with two attached hydrogens (primary N) is 1. The molecule has 0 saturated heterocycles. The van der Waals surface area contributed by atoms with Gasteiger partial charge in [-0.05, 0) is 23.8 Å². The van der Waals surface area contributed by atoms with Crippen LogP contribution in [-0.4, -0.2) is 9.97 Å². The van der Waals surface area contributed by atoms with Crippen LogP contribution in [-0.2, 0) is 6.54 Å². The zero-order chi connectivity index (χ0) is 12.3. The first kappa shape index (κ1) is 11.6. The fourth-order valence-electron chi connectivity index (χ4n) is 1.29. The molecule has 0 fully saturated rings. The fraction of sp³-hybridized carbons (Fsp3) is 0.0909. The Hall–Kier alpha value is -1.88. The summed E-state index contributed by atoms with van der Waals surface area (Å²) in [6.45, 7) is 0.448. The van der Waals surface area contributed by atoms with Crippen molar-refractivity contribution in [1.29, 1.82) is 0 Å². The van der Waals surface area contributed by atoms with Crippen LogP contribution in [0.2, 0.25) is 5.02 Å². The molecular weight excluding hydrogens is 243 g/mol. The van der Waals surface area contributed by atoms with Crippen molar-refractivity contribution in [2.24, 2.45) is 0 Å². The van der Waals surface area contributed by atoms with Gasteiger partial charge >= 0.3 is 0 Å². The van der Waals surface area contributed by atoms with Gasteiger partial charge in [-0.2, -0.15) is 4.98 Å². The SMILES string of the molecule is Nc1ccnc(NCc2ccc(F)c(Cl)c2)n1. The van der Waals surface area contributed by atoms with Crippen molar-refractivity contribution < 1.29 is 4.39 Å². The van der Waals surface area contributed by atoms with Crippen LogP contribution in [0.15, 0.2) is 30.5 Å². The molecule has 2 rings (SSSR count). The monoisotopic (exact) mass is 252 g/mol. The largest absolute Gasteiger partial charge is 0.384 e. The summed E-state index contributed by atoms with van der Waals surface area (Å²) < 4.78 is 12.9. The lowest BCUT2D eigenvalue weighted by molar-refractivity contribution is 0.627.